The summed E-state index contributed by atoms with van der Waals surface area (Å²) in [5.41, 5.74) is 2.00. The fraction of sp³-hybridized carbons (Fsp3) is 0.526. The molecule has 0 bridgehead atoms. The van der Waals surface area contributed by atoms with Crippen LogP contribution in [-0.2, 0) is 11.3 Å². The molecule has 0 saturated carbocycles. The summed E-state index contributed by atoms with van der Waals surface area (Å²) in [5, 5.41) is 1.08. The minimum Gasteiger partial charge on any atom is -0.371 e. The third-order valence-corrected chi connectivity index (χ3v) is 5.80. The van der Waals surface area contributed by atoms with Gasteiger partial charge >= 0.3 is 0 Å². The van der Waals surface area contributed by atoms with Crippen LogP contribution in [0.25, 0.3) is 11.0 Å². The number of likely N-dealkylation sites (tertiary alicyclic amines) is 1. The number of imidazole rings is 1. The highest BCUT2D eigenvalue weighted by Crippen LogP contribution is 2.33. The number of rotatable bonds is 3. The number of aromatic nitrogens is 5. The molecule has 5 heterocycles. The molecule has 0 radical (unpaired) electrons. The van der Waals surface area contributed by atoms with Crippen LogP contribution in [0.4, 0.5) is 5.82 Å². The summed E-state index contributed by atoms with van der Waals surface area (Å²) in [6.45, 7) is 7.50. The SMILES string of the molecule is Cc1ncc(CN2CCC3(CC2)CN(c2ncnc4[nH]ccc24)CCO3)[nH]1. The number of H-pyrrole nitrogens is 2. The van der Waals surface area contributed by atoms with Crippen molar-refractivity contribution in [2.24, 2.45) is 0 Å². The van der Waals surface area contributed by atoms with Crippen molar-refractivity contribution in [1.29, 1.82) is 0 Å². The molecule has 8 heteroatoms. The van der Waals surface area contributed by atoms with E-state index in [1.54, 1.807) is 6.33 Å². The summed E-state index contributed by atoms with van der Waals surface area (Å²) >= 11 is 0. The minimum absolute atomic E-state index is 0.0772. The van der Waals surface area contributed by atoms with Gasteiger partial charge in [-0.3, -0.25) is 4.90 Å². The summed E-state index contributed by atoms with van der Waals surface area (Å²) in [4.78, 5) is 24.5. The average molecular weight is 367 g/mol. The number of ether oxygens (including phenoxy) is 1. The number of nitrogens with zero attached hydrogens (tertiary/aromatic N) is 5. The third-order valence-electron chi connectivity index (χ3n) is 5.80. The van der Waals surface area contributed by atoms with Gasteiger partial charge in [-0.15, -0.1) is 0 Å². The van der Waals surface area contributed by atoms with E-state index >= 15 is 0 Å². The smallest absolute Gasteiger partial charge is 0.142 e. The van der Waals surface area contributed by atoms with Crippen molar-refractivity contribution >= 4 is 16.9 Å². The predicted molar refractivity (Wildman–Crippen MR) is 103 cm³/mol. The number of hydrogen-bond donors (Lipinski definition) is 2. The molecule has 2 aliphatic heterocycles. The van der Waals surface area contributed by atoms with E-state index in [-0.39, 0.29) is 5.60 Å². The number of fused-ring (bicyclic) bond motifs is 1. The summed E-state index contributed by atoms with van der Waals surface area (Å²) in [7, 11) is 0. The van der Waals surface area contributed by atoms with Gasteiger partial charge in [-0.1, -0.05) is 0 Å². The molecule has 3 aromatic rings. The van der Waals surface area contributed by atoms with Gasteiger partial charge in [0.15, 0.2) is 0 Å². The highest BCUT2D eigenvalue weighted by atomic mass is 16.5. The van der Waals surface area contributed by atoms with E-state index in [9.17, 15) is 0 Å². The summed E-state index contributed by atoms with van der Waals surface area (Å²) in [6, 6.07) is 2.06. The number of aryl methyl sites for hydroxylation is 1. The molecule has 8 nitrogen and oxygen atoms in total. The summed E-state index contributed by atoms with van der Waals surface area (Å²) < 4.78 is 6.31. The van der Waals surface area contributed by atoms with Crippen molar-refractivity contribution in [1.82, 2.24) is 29.8 Å². The van der Waals surface area contributed by atoms with Crippen LogP contribution in [0.5, 0.6) is 0 Å². The van der Waals surface area contributed by atoms with E-state index in [1.807, 2.05) is 19.3 Å². The van der Waals surface area contributed by atoms with Crippen molar-refractivity contribution < 1.29 is 4.74 Å². The molecule has 1 spiro atoms. The van der Waals surface area contributed by atoms with Crippen LogP contribution in [0.3, 0.4) is 0 Å². The van der Waals surface area contributed by atoms with Crippen molar-refractivity contribution in [3.63, 3.8) is 0 Å². The summed E-state index contributed by atoms with van der Waals surface area (Å²) in [5.74, 6) is 1.99. The van der Waals surface area contributed by atoms with Gasteiger partial charge in [0.05, 0.1) is 17.6 Å². The Labute approximate surface area is 158 Å². The quantitative estimate of drug-likeness (QED) is 0.735. The van der Waals surface area contributed by atoms with Crippen LogP contribution < -0.4 is 4.90 Å². The zero-order chi connectivity index (χ0) is 18.3. The maximum absolute atomic E-state index is 6.31. The van der Waals surface area contributed by atoms with E-state index in [1.165, 1.54) is 5.69 Å². The zero-order valence-electron chi connectivity index (χ0n) is 15.6. The minimum atomic E-state index is -0.0772. The Balaban J connectivity index is 1.28. The topological polar surface area (TPSA) is 86.0 Å². The molecule has 0 aliphatic carbocycles. The van der Waals surface area contributed by atoms with Gasteiger partial charge in [0, 0.05) is 50.8 Å². The highest BCUT2D eigenvalue weighted by molar-refractivity contribution is 5.87. The van der Waals surface area contributed by atoms with Gasteiger partial charge in [-0.25, -0.2) is 15.0 Å². The molecule has 0 aromatic carbocycles. The molecular formula is C19H25N7O. The van der Waals surface area contributed by atoms with E-state index in [4.69, 9.17) is 4.74 Å². The second-order valence-electron chi connectivity index (χ2n) is 7.66. The van der Waals surface area contributed by atoms with Gasteiger partial charge in [0.1, 0.15) is 23.6 Å². The Morgan fingerprint density at radius 3 is 2.89 bits per heavy atom. The van der Waals surface area contributed by atoms with E-state index in [2.05, 4.69) is 40.8 Å². The Kier molecular flexibility index (Phi) is 4.09. The molecule has 2 saturated heterocycles. The van der Waals surface area contributed by atoms with Crippen LogP contribution in [0.2, 0.25) is 0 Å². The lowest BCUT2D eigenvalue weighted by atomic mass is 9.89. The number of morpholine rings is 1. The predicted octanol–water partition coefficient (Wildman–Crippen LogP) is 1.86. The Bertz CT molecular complexity index is 925. The normalized spacial score (nSPS) is 20.6. The maximum Gasteiger partial charge on any atom is 0.142 e. The second kappa shape index (κ2) is 6.61. The molecule has 2 fully saturated rings. The molecular weight excluding hydrogens is 342 g/mol. The fourth-order valence-electron chi connectivity index (χ4n) is 4.35. The maximum atomic E-state index is 6.31. The molecule has 0 atom stereocenters. The standard InChI is InChI=1S/C19H25N7O/c1-14-21-10-15(24-14)11-25-6-3-19(4-7-25)12-26(8-9-27-19)18-16-2-5-20-17(16)22-13-23-18/h2,5,10,13H,3-4,6-9,11-12H2,1H3,(H,21,24)(H,20,22,23). The van der Waals surface area contributed by atoms with Gasteiger partial charge in [0.2, 0.25) is 0 Å². The first kappa shape index (κ1) is 16.7. The van der Waals surface area contributed by atoms with Crippen LogP contribution in [0.1, 0.15) is 24.4 Å². The number of anilines is 1. The molecule has 2 aliphatic rings. The van der Waals surface area contributed by atoms with Gasteiger partial charge in [-0.05, 0) is 25.8 Å². The first-order chi connectivity index (χ1) is 13.2. The lowest BCUT2D eigenvalue weighted by Gasteiger charge is -2.47. The van der Waals surface area contributed by atoms with E-state index in [0.717, 1.165) is 74.8 Å². The average Bonchev–Trinajstić information content (AvgIpc) is 3.32. The molecule has 142 valence electrons. The zero-order valence-corrected chi connectivity index (χ0v) is 15.6. The van der Waals surface area contributed by atoms with Crippen LogP contribution in [0, 0.1) is 6.92 Å². The molecule has 2 N–H and O–H groups in total. The molecule has 5 rings (SSSR count). The Morgan fingerprint density at radius 1 is 1.19 bits per heavy atom. The lowest BCUT2D eigenvalue weighted by Crippen LogP contribution is -2.57. The molecule has 3 aromatic heterocycles. The first-order valence-electron chi connectivity index (χ1n) is 9.61. The second-order valence-corrected chi connectivity index (χ2v) is 7.66. The lowest BCUT2D eigenvalue weighted by molar-refractivity contribution is -0.0923. The monoisotopic (exact) mass is 367 g/mol. The molecule has 0 amide bonds. The number of nitrogens with one attached hydrogen (secondary N) is 2. The van der Waals surface area contributed by atoms with E-state index in [0.29, 0.717) is 0 Å². The highest BCUT2D eigenvalue weighted by Gasteiger charge is 2.40. The van der Waals surface area contributed by atoms with Gasteiger partial charge in [-0.2, -0.15) is 0 Å². The van der Waals surface area contributed by atoms with Gasteiger partial charge in [0.25, 0.3) is 0 Å². The van der Waals surface area contributed by atoms with Crippen molar-refractivity contribution in [2.75, 3.05) is 37.7 Å². The van der Waals surface area contributed by atoms with Crippen LogP contribution in [-0.4, -0.2) is 68.2 Å². The number of aromatic amines is 2. The molecule has 27 heavy (non-hydrogen) atoms. The first-order valence-corrected chi connectivity index (χ1v) is 9.61. The van der Waals surface area contributed by atoms with Gasteiger partial charge < -0.3 is 19.6 Å². The Hall–Kier alpha value is -2.45. The van der Waals surface area contributed by atoms with Crippen LogP contribution in [0.15, 0.2) is 24.8 Å². The number of piperidine rings is 1. The largest absolute Gasteiger partial charge is 0.371 e. The van der Waals surface area contributed by atoms with Crippen molar-refractivity contribution in [3.05, 3.63) is 36.3 Å². The molecule has 0 unspecified atom stereocenters. The summed E-state index contributed by atoms with van der Waals surface area (Å²) in [6.07, 6.45) is 7.59. The van der Waals surface area contributed by atoms with Crippen LogP contribution >= 0.6 is 0 Å². The van der Waals surface area contributed by atoms with E-state index < -0.39 is 0 Å². The van der Waals surface area contributed by atoms with Crippen molar-refractivity contribution in [3.8, 4) is 0 Å². The Morgan fingerprint density at radius 2 is 2.07 bits per heavy atom. The third kappa shape index (κ3) is 3.19. The van der Waals surface area contributed by atoms with Crippen molar-refractivity contribution in [2.45, 2.75) is 31.9 Å². The fourth-order valence-corrected chi connectivity index (χ4v) is 4.35. The number of hydrogen-bond acceptors (Lipinski definition) is 6.